The first-order chi connectivity index (χ1) is 16.3. The van der Waals surface area contributed by atoms with Crippen LogP contribution < -0.4 is 5.32 Å². The van der Waals surface area contributed by atoms with Gasteiger partial charge in [0.05, 0.1) is 4.90 Å². The molecule has 0 bridgehead atoms. The molecule has 7 nitrogen and oxygen atoms in total. The van der Waals surface area contributed by atoms with Crippen LogP contribution in [0.15, 0.2) is 47.4 Å². The highest BCUT2D eigenvalue weighted by molar-refractivity contribution is 7.89. The Balaban J connectivity index is 1.53. The predicted octanol–water partition coefficient (Wildman–Crippen LogP) is 4.44. The summed E-state index contributed by atoms with van der Waals surface area (Å²) in [6.45, 7) is 3.33. The predicted molar refractivity (Wildman–Crippen MR) is 133 cm³/mol. The van der Waals surface area contributed by atoms with Crippen LogP contribution >= 0.6 is 0 Å². The Bertz CT molecular complexity index is 1170. The summed E-state index contributed by atoms with van der Waals surface area (Å²) in [6.07, 6.45) is 6.96. The first kappa shape index (κ1) is 24.4. The second-order valence-electron chi connectivity index (χ2n) is 9.27. The zero-order valence-electron chi connectivity index (χ0n) is 19.9. The third-order valence-electron chi connectivity index (χ3n) is 7.07. The van der Waals surface area contributed by atoms with Gasteiger partial charge in [-0.3, -0.25) is 9.59 Å². The molecule has 0 aromatic heterocycles. The number of hydrogen-bond donors (Lipinski definition) is 1. The van der Waals surface area contributed by atoms with Crippen LogP contribution in [0, 0.1) is 6.92 Å². The number of anilines is 1. The van der Waals surface area contributed by atoms with E-state index in [9.17, 15) is 18.0 Å². The fraction of sp³-hybridized carbons (Fsp3) is 0.462. The van der Waals surface area contributed by atoms with Crippen LogP contribution in [0.2, 0.25) is 0 Å². The molecule has 1 N–H and O–H groups in total. The molecule has 1 aliphatic heterocycles. The maximum Gasteiger partial charge on any atom is 0.255 e. The third kappa shape index (κ3) is 5.03. The van der Waals surface area contributed by atoms with E-state index >= 15 is 0 Å². The minimum absolute atomic E-state index is 0.00485. The summed E-state index contributed by atoms with van der Waals surface area (Å²) in [5.41, 5.74) is 2.08. The van der Waals surface area contributed by atoms with Crippen molar-refractivity contribution in [3.05, 3.63) is 59.2 Å². The lowest BCUT2D eigenvalue weighted by Gasteiger charge is -2.30. The molecule has 1 saturated carbocycles. The van der Waals surface area contributed by atoms with E-state index in [-0.39, 0.29) is 22.4 Å². The molecule has 34 heavy (non-hydrogen) atoms. The molecule has 0 radical (unpaired) electrons. The molecule has 1 saturated heterocycles. The number of nitrogens with zero attached hydrogens (tertiary/aromatic N) is 2. The molecule has 2 fully saturated rings. The van der Waals surface area contributed by atoms with Crippen LogP contribution in [-0.4, -0.2) is 55.6 Å². The molecule has 2 amide bonds. The van der Waals surface area contributed by atoms with Crippen molar-refractivity contribution in [1.29, 1.82) is 0 Å². The van der Waals surface area contributed by atoms with E-state index in [0.29, 0.717) is 16.8 Å². The summed E-state index contributed by atoms with van der Waals surface area (Å²) < 4.78 is 27.9. The van der Waals surface area contributed by atoms with Crippen molar-refractivity contribution >= 4 is 27.5 Å². The Morgan fingerprint density at radius 1 is 0.971 bits per heavy atom. The van der Waals surface area contributed by atoms with E-state index in [0.717, 1.165) is 58.0 Å². The Labute approximate surface area is 202 Å². The molecule has 8 heteroatoms. The molecule has 4 rings (SSSR count). The second-order valence-corrected chi connectivity index (χ2v) is 11.3. The van der Waals surface area contributed by atoms with Crippen molar-refractivity contribution in [2.45, 2.75) is 62.8 Å². The van der Waals surface area contributed by atoms with Gasteiger partial charge in [0.2, 0.25) is 10.0 Å². The number of rotatable bonds is 6. The van der Waals surface area contributed by atoms with Gasteiger partial charge in [-0.25, -0.2) is 8.42 Å². The van der Waals surface area contributed by atoms with Gasteiger partial charge < -0.3 is 10.2 Å². The van der Waals surface area contributed by atoms with Crippen LogP contribution in [0.5, 0.6) is 0 Å². The number of carbonyl (C=O) groups is 2. The van der Waals surface area contributed by atoms with Crippen molar-refractivity contribution in [3.8, 4) is 0 Å². The van der Waals surface area contributed by atoms with Gasteiger partial charge in [-0.1, -0.05) is 31.4 Å². The molecule has 2 aromatic carbocycles. The number of amides is 2. The van der Waals surface area contributed by atoms with Crippen LogP contribution in [0.1, 0.15) is 71.2 Å². The van der Waals surface area contributed by atoms with Gasteiger partial charge >= 0.3 is 0 Å². The largest absolute Gasteiger partial charge is 0.339 e. The fourth-order valence-electron chi connectivity index (χ4n) is 4.89. The highest BCUT2D eigenvalue weighted by Gasteiger charge is 2.29. The normalized spacial score (nSPS) is 17.2. The first-order valence-corrected chi connectivity index (χ1v) is 13.5. The number of likely N-dealkylation sites (tertiary alicyclic amines) is 1. The van der Waals surface area contributed by atoms with Crippen LogP contribution in [0.4, 0.5) is 5.69 Å². The topological polar surface area (TPSA) is 86.8 Å². The van der Waals surface area contributed by atoms with Gasteiger partial charge in [0.15, 0.2) is 0 Å². The van der Waals surface area contributed by atoms with E-state index in [1.165, 1.54) is 16.4 Å². The van der Waals surface area contributed by atoms with E-state index in [4.69, 9.17) is 0 Å². The molecular formula is C26H33N3O4S. The fourth-order valence-corrected chi connectivity index (χ4v) is 6.36. The minimum Gasteiger partial charge on any atom is -0.339 e. The molecule has 1 aliphatic carbocycles. The van der Waals surface area contributed by atoms with Crippen molar-refractivity contribution in [2.75, 3.05) is 25.5 Å². The Kier molecular flexibility index (Phi) is 7.38. The molecule has 2 aromatic rings. The quantitative estimate of drug-likeness (QED) is 0.658. The zero-order chi connectivity index (χ0) is 24.3. The standard InChI is InChI=1S/C26H33N3O4S/c1-19-23(26(31)29-16-6-7-17-29)14-9-15-24(19)27-25(30)20-10-8-13-22(18-20)34(32,33)28(2)21-11-4-3-5-12-21/h8-10,13-15,18,21H,3-7,11-12,16-17H2,1-2H3,(H,27,30). The van der Waals surface area contributed by atoms with Gasteiger partial charge in [0.1, 0.15) is 0 Å². The van der Waals surface area contributed by atoms with Crippen molar-refractivity contribution < 1.29 is 18.0 Å². The van der Waals surface area contributed by atoms with Gasteiger partial charge in [-0.15, -0.1) is 0 Å². The van der Waals surface area contributed by atoms with E-state index < -0.39 is 15.9 Å². The lowest BCUT2D eigenvalue weighted by Crippen LogP contribution is -2.38. The monoisotopic (exact) mass is 483 g/mol. The number of hydrogen-bond acceptors (Lipinski definition) is 4. The number of nitrogens with one attached hydrogen (secondary N) is 1. The van der Waals surface area contributed by atoms with E-state index in [2.05, 4.69) is 5.32 Å². The average molecular weight is 484 g/mol. The highest BCUT2D eigenvalue weighted by atomic mass is 32.2. The molecule has 0 unspecified atom stereocenters. The number of carbonyl (C=O) groups excluding carboxylic acids is 2. The van der Waals surface area contributed by atoms with Crippen molar-refractivity contribution in [3.63, 3.8) is 0 Å². The maximum absolute atomic E-state index is 13.2. The summed E-state index contributed by atoms with van der Waals surface area (Å²) in [5.74, 6) is -0.434. The van der Waals surface area contributed by atoms with Crippen molar-refractivity contribution in [2.24, 2.45) is 0 Å². The zero-order valence-corrected chi connectivity index (χ0v) is 20.7. The number of sulfonamides is 1. The second kappa shape index (κ2) is 10.3. The van der Waals surface area contributed by atoms with Gasteiger partial charge in [-0.2, -0.15) is 4.31 Å². The van der Waals surface area contributed by atoms with E-state index in [1.807, 2.05) is 11.8 Å². The SMILES string of the molecule is Cc1c(NC(=O)c2cccc(S(=O)(=O)N(C)C3CCCCC3)c2)cccc1C(=O)N1CCCC1. The molecule has 182 valence electrons. The summed E-state index contributed by atoms with van der Waals surface area (Å²) in [4.78, 5) is 27.9. The maximum atomic E-state index is 13.2. The molecule has 0 spiro atoms. The van der Waals surface area contributed by atoms with Crippen molar-refractivity contribution in [1.82, 2.24) is 9.21 Å². The summed E-state index contributed by atoms with van der Waals surface area (Å²) in [7, 11) is -2.07. The van der Waals surface area contributed by atoms with Crippen LogP contribution in [0.25, 0.3) is 0 Å². The number of benzene rings is 2. The first-order valence-electron chi connectivity index (χ1n) is 12.1. The Morgan fingerprint density at radius 2 is 1.65 bits per heavy atom. The smallest absolute Gasteiger partial charge is 0.255 e. The van der Waals surface area contributed by atoms with Gasteiger partial charge in [0.25, 0.3) is 11.8 Å². The summed E-state index contributed by atoms with van der Waals surface area (Å²) >= 11 is 0. The third-order valence-corrected chi connectivity index (χ3v) is 8.97. The van der Waals surface area contributed by atoms with Crippen LogP contribution in [0.3, 0.4) is 0 Å². The Hall–Kier alpha value is -2.71. The minimum atomic E-state index is -3.70. The summed E-state index contributed by atoms with van der Waals surface area (Å²) in [6, 6.07) is 11.4. The molecule has 1 heterocycles. The van der Waals surface area contributed by atoms with Gasteiger partial charge in [0, 0.05) is 43.0 Å². The highest BCUT2D eigenvalue weighted by Crippen LogP contribution is 2.27. The molecule has 2 aliphatic rings. The lowest BCUT2D eigenvalue weighted by atomic mass is 9.96. The average Bonchev–Trinajstić information content (AvgIpc) is 3.40. The molecular weight excluding hydrogens is 450 g/mol. The van der Waals surface area contributed by atoms with Gasteiger partial charge in [-0.05, 0) is 68.5 Å². The van der Waals surface area contributed by atoms with Crippen LogP contribution in [-0.2, 0) is 10.0 Å². The molecule has 0 atom stereocenters. The Morgan fingerprint density at radius 3 is 2.35 bits per heavy atom. The van der Waals surface area contributed by atoms with E-state index in [1.54, 1.807) is 37.4 Å². The lowest BCUT2D eigenvalue weighted by molar-refractivity contribution is 0.0791. The summed E-state index contributed by atoms with van der Waals surface area (Å²) in [5, 5.41) is 2.87.